The van der Waals surface area contributed by atoms with Crippen LogP contribution in [0.4, 0.5) is 17.2 Å². The van der Waals surface area contributed by atoms with Crippen LogP contribution in [0.25, 0.3) is 10.9 Å². The van der Waals surface area contributed by atoms with Gasteiger partial charge in [-0.3, -0.25) is 4.79 Å². The zero-order valence-electron chi connectivity index (χ0n) is 16.7. The minimum absolute atomic E-state index is 0.309. The molecule has 0 aliphatic carbocycles. The lowest BCUT2D eigenvalue weighted by Gasteiger charge is -2.23. The maximum atomic E-state index is 11.4. The van der Waals surface area contributed by atoms with E-state index in [4.69, 9.17) is 32.7 Å². The number of alkyl halides is 2. The Kier molecular flexibility index (Phi) is 7.54. The summed E-state index contributed by atoms with van der Waals surface area (Å²) in [6, 6.07) is 11.3. The van der Waals surface area contributed by atoms with Crippen molar-refractivity contribution < 1.29 is 14.3 Å². The van der Waals surface area contributed by atoms with Gasteiger partial charge in [0.2, 0.25) is 0 Å². The van der Waals surface area contributed by atoms with E-state index in [9.17, 15) is 4.79 Å². The normalized spacial score (nSPS) is 10.7. The highest BCUT2D eigenvalue weighted by molar-refractivity contribution is 6.18. The summed E-state index contributed by atoms with van der Waals surface area (Å²) in [5.41, 5.74) is 2.55. The summed E-state index contributed by atoms with van der Waals surface area (Å²) in [4.78, 5) is 22.2. The molecule has 0 saturated carbocycles. The maximum absolute atomic E-state index is 11.4. The summed E-state index contributed by atoms with van der Waals surface area (Å²) in [6.07, 6.45) is 1.46. The van der Waals surface area contributed by atoms with Gasteiger partial charge in [0.15, 0.2) is 11.5 Å². The van der Waals surface area contributed by atoms with Crippen LogP contribution in [0.15, 0.2) is 42.7 Å². The van der Waals surface area contributed by atoms with Crippen LogP contribution in [0, 0.1) is 0 Å². The molecule has 0 amide bonds. The zero-order valence-corrected chi connectivity index (χ0v) is 18.2. The molecule has 0 spiro atoms. The number of rotatable bonds is 9. The average molecular weight is 449 g/mol. The van der Waals surface area contributed by atoms with Gasteiger partial charge in [-0.1, -0.05) is 0 Å². The van der Waals surface area contributed by atoms with Gasteiger partial charge in [0.1, 0.15) is 12.1 Å². The van der Waals surface area contributed by atoms with Gasteiger partial charge >= 0.3 is 5.97 Å². The third kappa shape index (κ3) is 5.23. The fourth-order valence-electron chi connectivity index (χ4n) is 3.02. The monoisotopic (exact) mass is 448 g/mol. The van der Waals surface area contributed by atoms with E-state index < -0.39 is 5.97 Å². The van der Waals surface area contributed by atoms with Crippen molar-refractivity contribution in [3.63, 3.8) is 0 Å². The van der Waals surface area contributed by atoms with Gasteiger partial charge in [-0.2, -0.15) is 0 Å². The molecule has 1 aromatic heterocycles. The number of carbonyl (C=O) groups is 1. The molecule has 1 N–H and O–H groups in total. The quantitative estimate of drug-likeness (QED) is 0.291. The first-order valence-corrected chi connectivity index (χ1v) is 10.4. The van der Waals surface area contributed by atoms with Crippen molar-refractivity contribution in [1.82, 2.24) is 9.97 Å². The Hall–Kier alpha value is -2.77. The van der Waals surface area contributed by atoms with E-state index in [1.165, 1.54) is 20.4 Å². The lowest BCUT2D eigenvalue weighted by molar-refractivity contribution is -0.132. The van der Waals surface area contributed by atoms with E-state index in [2.05, 4.69) is 20.2 Å². The Morgan fingerprint density at radius 2 is 1.77 bits per heavy atom. The zero-order chi connectivity index (χ0) is 21.5. The van der Waals surface area contributed by atoms with Crippen LogP contribution in [0.2, 0.25) is 0 Å². The Balaban J connectivity index is 1.90. The maximum Gasteiger partial charge on any atom is 0.308 e. The fourth-order valence-corrected chi connectivity index (χ4v) is 3.43. The summed E-state index contributed by atoms with van der Waals surface area (Å²) in [5.74, 6) is 1.93. The Morgan fingerprint density at radius 1 is 1.07 bits per heavy atom. The number of hydrogen-bond donors (Lipinski definition) is 1. The summed E-state index contributed by atoms with van der Waals surface area (Å²) in [6.45, 7) is 2.78. The van der Waals surface area contributed by atoms with Crippen molar-refractivity contribution >= 4 is 57.3 Å². The Morgan fingerprint density at radius 3 is 2.37 bits per heavy atom. The number of nitrogens with one attached hydrogen (secondary N) is 1. The SMILES string of the molecule is COc1cc2ncnc(Nc3ccc(N(CCCl)CCCl)cc3)c2cc1OC(C)=O. The molecule has 9 heteroatoms. The predicted octanol–water partition coefficient (Wildman–Crippen LogP) is 4.59. The van der Waals surface area contributed by atoms with E-state index in [1.807, 2.05) is 24.3 Å². The van der Waals surface area contributed by atoms with Gasteiger partial charge in [-0.05, 0) is 30.3 Å². The van der Waals surface area contributed by atoms with Crippen LogP contribution in [0.5, 0.6) is 11.5 Å². The predicted molar refractivity (Wildman–Crippen MR) is 121 cm³/mol. The first kappa shape index (κ1) is 21.9. The van der Waals surface area contributed by atoms with Crippen LogP contribution in [-0.2, 0) is 4.79 Å². The Labute approximate surface area is 184 Å². The molecule has 0 saturated heterocycles. The second-order valence-electron chi connectivity index (χ2n) is 6.37. The highest BCUT2D eigenvalue weighted by Gasteiger charge is 2.13. The number of fused-ring (bicyclic) bond motifs is 1. The van der Waals surface area contributed by atoms with Crippen molar-refractivity contribution in [2.75, 3.05) is 42.2 Å². The molecular weight excluding hydrogens is 427 g/mol. The molecule has 0 aliphatic rings. The van der Waals surface area contributed by atoms with Gasteiger partial charge in [0, 0.05) is 54.6 Å². The molecule has 0 bridgehead atoms. The number of carbonyl (C=O) groups excluding carboxylic acids is 1. The molecular formula is C21H22Cl2N4O3. The van der Waals surface area contributed by atoms with Crippen molar-refractivity contribution in [2.45, 2.75) is 6.92 Å². The molecule has 1 heterocycles. The highest BCUT2D eigenvalue weighted by atomic mass is 35.5. The minimum Gasteiger partial charge on any atom is -0.493 e. The van der Waals surface area contributed by atoms with E-state index in [1.54, 1.807) is 12.1 Å². The molecule has 0 fully saturated rings. The van der Waals surface area contributed by atoms with Crippen molar-refractivity contribution in [3.05, 3.63) is 42.7 Å². The third-order valence-electron chi connectivity index (χ3n) is 4.38. The van der Waals surface area contributed by atoms with Crippen molar-refractivity contribution in [2.24, 2.45) is 0 Å². The molecule has 3 rings (SSSR count). The number of aromatic nitrogens is 2. The van der Waals surface area contributed by atoms with Crippen molar-refractivity contribution in [1.29, 1.82) is 0 Å². The lowest BCUT2D eigenvalue weighted by Crippen LogP contribution is -2.27. The number of benzene rings is 2. The average Bonchev–Trinajstić information content (AvgIpc) is 2.74. The number of nitrogens with zero attached hydrogens (tertiary/aromatic N) is 3. The minimum atomic E-state index is -0.437. The van der Waals surface area contributed by atoms with Crippen LogP contribution >= 0.6 is 23.2 Å². The van der Waals surface area contributed by atoms with Crippen LogP contribution in [0.1, 0.15) is 6.92 Å². The van der Waals surface area contributed by atoms with E-state index >= 15 is 0 Å². The second kappa shape index (κ2) is 10.3. The van der Waals surface area contributed by atoms with Gasteiger partial charge in [0.25, 0.3) is 0 Å². The smallest absolute Gasteiger partial charge is 0.308 e. The first-order chi connectivity index (χ1) is 14.5. The second-order valence-corrected chi connectivity index (χ2v) is 7.13. The summed E-state index contributed by atoms with van der Waals surface area (Å²) in [5, 5.41) is 3.99. The molecule has 3 aromatic rings. The third-order valence-corrected chi connectivity index (χ3v) is 4.72. The molecule has 30 heavy (non-hydrogen) atoms. The largest absolute Gasteiger partial charge is 0.493 e. The fraction of sp³-hybridized carbons (Fsp3) is 0.286. The van der Waals surface area contributed by atoms with Gasteiger partial charge in [0.05, 0.1) is 12.6 Å². The van der Waals surface area contributed by atoms with Gasteiger partial charge in [-0.15, -0.1) is 23.2 Å². The first-order valence-electron chi connectivity index (χ1n) is 9.31. The molecule has 7 nitrogen and oxygen atoms in total. The molecule has 0 atom stereocenters. The molecule has 2 aromatic carbocycles. The lowest BCUT2D eigenvalue weighted by atomic mass is 10.2. The van der Waals surface area contributed by atoms with E-state index in [0.29, 0.717) is 40.0 Å². The van der Waals surface area contributed by atoms with Crippen LogP contribution in [0.3, 0.4) is 0 Å². The summed E-state index contributed by atoms with van der Waals surface area (Å²) < 4.78 is 10.6. The molecule has 0 unspecified atom stereocenters. The highest BCUT2D eigenvalue weighted by Crippen LogP contribution is 2.35. The van der Waals surface area contributed by atoms with E-state index in [-0.39, 0.29) is 0 Å². The molecule has 0 radical (unpaired) electrons. The van der Waals surface area contributed by atoms with Crippen LogP contribution < -0.4 is 19.7 Å². The van der Waals surface area contributed by atoms with Gasteiger partial charge in [-0.25, -0.2) is 9.97 Å². The number of methoxy groups -OCH3 is 1. The summed E-state index contributed by atoms with van der Waals surface area (Å²) >= 11 is 11.8. The van der Waals surface area contributed by atoms with Crippen LogP contribution in [-0.4, -0.2) is 47.9 Å². The number of ether oxygens (including phenoxy) is 2. The number of halogens is 2. The molecule has 158 valence electrons. The number of esters is 1. The van der Waals surface area contributed by atoms with E-state index in [0.717, 1.165) is 24.5 Å². The number of anilines is 3. The summed E-state index contributed by atoms with van der Waals surface area (Å²) in [7, 11) is 1.51. The van der Waals surface area contributed by atoms with Gasteiger partial charge < -0.3 is 19.7 Å². The Bertz CT molecular complexity index is 1010. The standard InChI is InChI=1S/C21H22Cl2N4O3/c1-14(28)30-20-11-17-18(12-19(20)29-2)24-13-25-21(17)26-15-3-5-16(6-4-15)27(9-7-22)10-8-23/h3-6,11-13H,7-10H2,1-2H3,(H,24,25,26). The number of hydrogen-bond acceptors (Lipinski definition) is 7. The van der Waals surface area contributed by atoms with Crippen molar-refractivity contribution in [3.8, 4) is 11.5 Å². The molecule has 0 aliphatic heterocycles. The topological polar surface area (TPSA) is 76.6 Å².